The van der Waals surface area contributed by atoms with E-state index in [0.717, 1.165) is 10.8 Å². The van der Waals surface area contributed by atoms with Crippen molar-refractivity contribution in [2.45, 2.75) is 42.4 Å². The second kappa shape index (κ2) is 7.45. The van der Waals surface area contributed by atoms with Gasteiger partial charge in [-0.2, -0.15) is 0 Å². The predicted molar refractivity (Wildman–Crippen MR) is 90.0 cm³/mol. The van der Waals surface area contributed by atoms with Crippen LogP contribution in [0.3, 0.4) is 0 Å². The van der Waals surface area contributed by atoms with Gasteiger partial charge in [0.2, 0.25) is 0 Å². The maximum Gasteiger partial charge on any atom is 0.253 e. The molecule has 0 radical (unpaired) electrons. The highest BCUT2D eigenvalue weighted by Crippen LogP contribution is 2.34. The van der Waals surface area contributed by atoms with Crippen molar-refractivity contribution in [2.75, 3.05) is 0 Å². The van der Waals surface area contributed by atoms with Crippen LogP contribution in [-0.2, 0) is 6.54 Å². The van der Waals surface area contributed by atoms with Crippen LogP contribution in [0, 0.1) is 0 Å². The lowest BCUT2D eigenvalue weighted by Crippen LogP contribution is -2.22. The molecule has 1 saturated carbocycles. The van der Waals surface area contributed by atoms with Crippen molar-refractivity contribution in [3.8, 4) is 0 Å². The first kappa shape index (κ1) is 15.1. The Bertz CT molecular complexity index is 607. The fraction of sp³-hybridized carbons (Fsp3) is 0.333. The number of thioether (sulfide) groups is 1. The SMILES string of the molecule is O=C(NCc1ccc(SC2CCCC2)cc1)c1cccnc1. The van der Waals surface area contributed by atoms with E-state index in [4.69, 9.17) is 0 Å². The molecule has 4 heteroatoms. The molecule has 0 bridgehead atoms. The summed E-state index contributed by atoms with van der Waals surface area (Å²) < 4.78 is 0. The largest absolute Gasteiger partial charge is 0.348 e. The zero-order valence-corrected chi connectivity index (χ0v) is 13.3. The summed E-state index contributed by atoms with van der Waals surface area (Å²) >= 11 is 1.99. The summed E-state index contributed by atoms with van der Waals surface area (Å²) in [5.41, 5.74) is 1.71. The van der Waals surface area contributed by atoms with Crippen molar-refractivity contribution >= 4 is 17.7 Å². The molecular formula is C18H20N2OS. The van der Waals surface area contributed by atoms with Gasteiger partial charge < -0.3 is 5.32 Å². The van der Waals surface area contributed by atoms with E-state index in [0.29, 0.717) is 12.1 Å². The highest BCUT2D eigenvalue weighted by atomic mass is 32.2. The van der Waals surface area contributed by atoms with Crippen LogP contribution >= 0.6 is 11.8 Å². The molecule has 1 amide bonds. The number of aromatic nitrogens is 1. The van der Waals surface area contributed by atoms with Gasteiger partial charge in [-0.3, -0.25) is 9.78 Å². The first-order valence-electron chi connectivity index (χ1n) is 7.75. The highest BCUT2D eigenvalue weighted by molar-refractivity contribution is 8.00. The molecule has 2 aromatic rings. The number of pyridine rings is 1. The third kappa shape index (κ3) is 4.10. The number of nitrogens with zero attached hydrogens (tertiary/aromatic N) is 1. The van der Waals surface area contributed by atoms with Crippen molar-refractivity contribution in [3.63, 3.8) is 0 Å². The first-order valence-corrected chi connectivity index (χ1v) is 8.63. The van der Waals surface area contributed by atoms with E-state index < -0.39 is 0 Å². The van der Waals surface area contributed by atoms with Crippen LogP contribution < -0.4 is 5.32 Å². The van der Waals surface area contributed by atoms with Crippen LogP contribution in [0.5, 0.6) is 0 Å². The number of carbonyl (C=O) groups is 1. The Hall–Kier alpha value is -1.81. The average Bonchev–Trinajstić information content (AvgIpc) is 3.08. The molecule has 0 aliphatic heterocycles. The van der Waals surface area contributed by atoms with Crippen LogP contribution in [0.4, 0.5) is 0 Å². The van der Waals surface area contributed by atoms with Gasteiger partial charge in [-0.1, -0.05) is 25.0 Å². The molecule has 0 unspecified atom stereocenters. The molecule has 0 spiro atoms. The average molecular weight is 312 g/mol. The van der Waals surface area contributed by atoms with Gasteiger partial charge in [-0.05, 0) is 42.7 Å². The molecule has 1 aliphatic carbocycles. The van der Waals surface area contributed by atoms with Crippen molar-refractivity contribution in [3.05, 3.63) is 59.9 Å². The molecular weight excluding hydrogens is 292 g/mol. The maximum absolute atomic E-state index is 12.0. The molecule has 114 valence electrons. The number of carbonyl (C=O) groups excluding carboxylic acids is 1. The van der Waals surface area contributed by atoms with Gasteiger partial charge in [0.1, 0.15) is 0 Å². The molecule has 22 heavy (non-hydrogen) atoms. The van der Waals surface area contributed by atoms with Crippen LogP contribution in [0.2, 0.25) is 0 Å². The summed E-state index contributed by atoms with van der Waals surface area (Å²) in [6, 6.07) is 12.1. The second-order valence-electron chi connectivity index (χ2n) is 5.59. The van der Waals surface area contributed by atoms with Gasteiger partial charge in [0, 0.05) is 29.1 Å². The lowest BCUT2D eigenvalue weighted by atomic mass is 10.2. The third-order valence-electron chi connectivity index (χ3n) is 3.91. The van der Waals surface area contributed by atoms with Gasteiger partial charge in [-0.25, -0.2) is 0 Å². The van der Waals surface area contributed by atoms with Gasteiger partial charge in [0.15, 0.2) is 0 Å². The highest BCUT2D eigenvalue weighted by Gasteiger charge is 2.15. The molecule has 1 aliphatic rings. The molecule has 0 saturated heterocycles. The number of nitrogens with one attached hydrogen (secondary N) is 1. The smallest absolute Gasteiger partial charge is 0.253 e. The molecule has 1 N–H and O–H groups in total. The molecule has 1 fully saturated rings. The molecule has 0 atom stereocenters. The monoisotopic (exact) mass is 312 g/mol. The van der Waals surface area contributed by atoms with E-state index in [1.165, 1.54) is 30.6 Å². The number of hydrogen-bond donors (Lipinski definition) is 1. The lowest BCUT2D eigenvalue weighted by Gasteiger charge is -2.09. The summed E-state index contributed by atoms with van der Waals surface area (Å²) in [5, 5.41) is 3.71. The maximum atomic E-state index is 12.0. The topological polar surface area (TPSA) is 42.0 Å². The van der Waals surface area contributed by atoms with E-state index in [1.807, 2.05) is 11.8 Å². The molecule has 1 heterocycles. The number of rotatable bonds is 5. The summed E-state index contributed by atoms with van der Waals surface area (Å²) in [7, 11) is 0. The minimum Gasteiger partial charge on any atom is -0.348 e. The first-order chi connectivity index (χ1) is 10.8. The van der Waals surface area contributed by atoms with Crippen molar-refractivity contribution in [2.24, 2.45) is 0 Å². The quantitative estimate of drug-likeness (QED) is 0.905. The van der Waals surface area contributed by atoms with Crippen LogP contribution in [-0.4, -0.2) is 16.1 Å². The normalized spacial score (nSPS) is 14.9. The van der Waals surface area contributed by atoms with Crippen LogP contribution in [0.25, 0.3) is 0 Å². The summed E-state index contributed by atoms with van der Waals surface area (Å²) in [6.07, 6.45) is 8.67. The van der Waals surface area contributed by atoms with Gasteiger partial charge in [-0.15, -0.1) is 11.8 Å². The van der Waals surface area contributed by atoms with Gasteiger partial charge in [0.25, 0.3) is 5.91 Å². The van der Waals surface area contributed by atoms with Crippen LogP contribution in [0.1, 0.15) is 41.6 Å². The Morgan fingerprint density at radius 1 is 1.18 bits per heavy atom. The minimum absolute atomic E-state index is 0.0856. The second-order valence-corrected chi connectivity index (χ2v) is 6.97. The van der Waals surface area contributed by atoms with Crippen molar-refractivity contribution in [1.82, 2.24) is 10.3 Å². The Labute approximate surface area is 135 Å². The zero-order chi connectivity index (χ0) is 15.2. The van der Waals surface area contributed by atoms with Crippen molar-refractivity contribution < 1.29 is 4.79 Å². The minimum atomic E-state index is -0.0856. The van der Waals surface area contributed by atoms with Gasteiger partial charge in [0.05, 0.1) is 5.56 Å². The van der Waals surface area contributed by atoms with Crippen LogP contribution in [0.15, 0.2) is 53.7 Å². The number of benzene rings is 1. The van der Waals surface area contributed by atoms with E-state index >= 15 is 0 Å². The van der Waals surface area contributed by atoms with Crippen molar-refractivity contribution in [1.29, 1.82) is 0 Å². The molecule has 1 aromatic heterocycles. The number of hydrogen-bond acceptors (Lipinski definition) is 3. The van der Waals surface area contributed by atoms with E-state index in [2.05, 4.69) is 34.6 Å². The van der Waals surface area contributed by atoms with E-state index in [1.54, 1.807) is 24.5 Å². The Kier molecular flexibility index (Phi) is 5.11. The van der Waals surface area contributed by atoms with E-state index in [9.17, 15) is 4.79 Å². The fourth-order valence-electron chi connectivity index (χ4n) is 2.67. The predicted octanol–water partition coefficient (Wildman–Crippen LogP) is 4.05. The Morgan fingerprint density at radius 2 is 1.95 bits per heavy atom. The Morgan fingerprint density at radius 3 is 2.64 bits per heavy atom. The third-order valence-corrected chi connectivity index (χ3v) is 5.25. The summed E-state index contributed by atoms with van der Waals surface area (Å²) in [6.45, 7) is 0.544. The standard InChI is InChI=1S/C18H20N2OS/c21-18(15-4-3-11-19-13-15)20-12-14-7-9-17(10-8-14)22-16-5-1-2-6-16/h3-4,7-11,13,16H,1-2,5-6,12H2,(H,20,21). The number of amides is 1. The Balaban J connectivity index is 1.51. The summed E-state index contributed by atoms with van der Waals surface area (Å²) in [4.78, 5) is 17.2. The lowest BCUT2D eigenvalue weighted by molar-refractivity contribution is 0.0950. The van der Waals surface area contributed by atoms with E-state index in [-0.39, 0.29) is 5.91 Å². The van der Waals surface area contributed by atoms with Gasteiger partial charge >= 0.3 is 0 Å². The fourth-order valence-corrected chi connectivity index (χ4v) is 3.91. The zero-order valence-electron chi connectivity index (χ0n) is 12.5. The molecule has 3 nitrogen and oxygen atoms in total. The molecule has 1 aromatic carbocycles. The molecule has 3 rings (SSSR count). The summed E-state index contributed by atoms with van der Waals surface area (Å²) in [5.74, 6) is -0.0856.